The van der Waals surface area contributed by atoms with Crippen LogP contribution in [0.25, 0.3) is 0 Å². The third-order valence-electron chi connectivity index (χ3n) is 2.85. The van der Waals surface area contributed by atoms with Crippen LogP contribution in [0.15, 0.2) is 18.2 Å². The van der Waals surface area contributed by atoms with Gasteiger partial charge in [0.25, 0.3) is 5.91 Å². The summed E-state index contributed by atoms with van der Waals surface area (Å²) in [5, 5.41) is 2.49. The van der Waals surface area contributed by atoms with Crippen LogP contribution >= 0.6 is 0 Å². The Morgan fingerprint density at radius 3 is 2.55 bits per heavy atom. The largest absolute Gasteiger partial charge is 0.419 e. The highest BCUT2D eigenvalue weighted by atomic mass is 19.4. The van der Waals surface area contributed by atoms with Crippen LogP contribution in [0.3, 0.4) is 0 Å². The molecule has 1 aromatic rings. The topological polar surface area (TPSA) is 32.3 Å². The van der Waals surface area contributed by atoms with Crippen molar-refractivity contribution >= 4 is 5.91 Å². The maximum absolute atomic E-state index is 13.1. The van der Waals surface area contributed by atoms with Crippen molar-refractivity contribution < 1.29 is 22.4 Å². The molecule has 0 aliphatic carbocycles. The highest BCUT2D eigenvalue weighted by Gasteiger charge is 2.34. The van der Waals surface area contributed by atoms with Crippen LogP contribution in [0.1, 0.15) is 22.8 Å². The van der Waals surface area contributed by atoms with E-state index < -0.39 is 23.5 Å². The van der Waals surface area contributed by atoms with Gasteiger partial charge in [-0.3, -0.25) is 4.79 Å². The lowest BCUT2D eigenvalue weighted by Crippen LogP contribution is -2.33. The Labute approximate surface area is 114 Å². The van der Waals surface area contributed by atoms with Crippen molar-refractivity contribution in [3.8, 4) is 0 Å². The Hall–Kier alpha value is -1.63. The second-order valence-corrected chi connectivity index (χ2v) is 4.34. The third-order valence-corrected chi connectivity index (χ3v) is 2.85. The summed E-state index contributed by atoms with van der Waals surface area (Å²) >= 11 is 0. The number of hydrogen-bond acceptors (Lipinski definition) is 2. The lowest BCUT2D eigenvalue weighted by molar-refractivity contribution is -0.140. The van der Waals surface area contributed by atoms with E-state index in [1.54, 1.807) is 0 Å². The first-order valence-electron chi connectivity index (χ1n) is 6.09. The van der Waals surface area contributed by atoms with Gasteiger partial charge in [0, 0.05) is 18.7 Å². The zero-order valence-corrected chi connectivity index (χ0v) is 11.2. The monoisotopic (exact) mass is 292 g/mol. The predicted molar refractivity (Wildman–Crippen MR) is 66.9 cm³/mol. The summed E-state index contributed by atoms with van der Waals surface area (Å²) in [6.45, 7) is 3.62. The molecule has 0 atom stereocenters. The summed E-state index contributed by atoms with van der Waals surface area (Å²) in [5.74, 6) is -2.04. The number of carbonyl (C=O) groups is 1. The first-order chi connectivity index (χ1) is 9.25. The Morgan fingerprint density at radius 2 is 2.00 bits per heavy atom. The quantitative estimate of drug-likeness (QED) is 0.846. The van der Waals surface area contributed by atoms with Crippen molar-refractivity contribution in [2.75, 3.05) is 26.7 Å². The molecule has 0 aromatic heterocycles. The van der Waals surface area contributed by atoms with Gasteiger partial charge in [0.15, 0.2) is 0 Å². The number of carbonyl (C=O) groups excluding carboxylic acids is 1. The number of halogens is 4. The molecule has 0 aliphatic heterocycles. The average molecular weight is 292 g/mol. The molecular formula is C13H16F4N2O. The smallest absolute Gasteiger partial charge is 0.351 e. The fourth-order valence-corrected chi connectivity index (χ4v) is 1.50. The van der Waals surface area contributed by atoms with Gasteiger partial charge in [-0.2, -0.15) is 13.2 Å². The molecule has 0 radical (unpaired) electrons. The van der Waals surface area contributed by atoms with Crippen LogP contribution in [0.4, 0.5) is 17.6 Å². The number of hydrogen-bond donors (Lipinski definition) is 1. The minimum Gasteiger partial charge on any atom is -0.351 e. The SMILES string of the molecule is CCN(C)CCNC(=O)c1ccc(F)c(C(F)(F)F)c1. The van der Waals surface area contributed by atoms with Crippen LogP contribution in [0.5, 0.6) is 0 Å². The van der Waals surface area contributed by atoms with E-state index in [1.165, 1.54) is 0 Å². The van der Waals surface area contributed by atoms with Crippen LogP contribution in [0, 0.1) is 5.82 Å². The van der Waals surface area contributed by atoms with E-state index in [0.717, 1.165) is 12.6 Å². The summed E-state index contributed by atoms with van der Waals surface area (Å²) in [7, 11) is 1.85. The average Bonchev–Trinajstić information content (AvgIpc) is 2.37. The van der Waals surface area contributed by atoms with Gasteiger partial charge in [-0.05, 0) is 31.8 Å². The molecule has 7 heteroatoms. The van der Waals surface area contributed by atoms with Gasteiger partial charge >= 0.3 is 6.18 Å². The highest BCUT2D eigenvalue weighted by Crippen LogP contribution is 2.31. The second-order valence-electron chi connectivity index (χ2n) is 4.34. The molecule has 20 heavy (non-hydrogen) atoms. The first kappa shape index (κ1) is 16.4. The number of nitrogens with zero attached hydrogens (tertiary/aromatic N) is 1. The molecule has 1 rings (SSSR count). The van der Waals surface area contributed by atoms with Gasteiger partial charge in [0.05, 0.1) is 5.56 Å². The van der Waals surface area contributed by atoms with E-state index in [4.69, 9.17) is 0 Å². The lowest BCUT2D eigenvalue weighted by Gasteiger charge is -2.14. The highest BCUT2D eigenvalue weighted by molar-refractivity contribution is 5.94. The maximum atomic E-state index is 13.1. The molecule has 0 fully saturated rings. The number of amides is 1. The summed E-state index contributed by atoms with van der Waals surface area (Å²) < 4.78 is 50.6. The Kier molecular flexibility index (Phi) is 5.50. The standard InChI is InChI=1S/C13H16F4N2O/c1-3-19(2)7-6-18-12(20)9-4-5-11(14)10(8-9)13(15,16)17/h4-5,8H,3,6-7H2,1-2H3,(H,18,20). The predicted octanol–water partition coefficient (Wildman–Crippen LogP) is 2.53. The summed E-state index contributed by atoms with van der Waals surface area (Å²) in [4.78, 5) is 13.6. The van der Waals surface area contributed by atoms with Crippen molar-refractivity contribution in [1.82, 2.24) is 10.2 Å². The molecule has 1 amide bonds. The van der Waals surface area contributed by atoms with Crippen molar-refractivity contribution in [3.63, 3.8) is 0 Å². The van der Waals surface area contributed by atoms with Gasteiger partial charge in [-0.1, -0.05) is 6.92 Å². The fraction of sp³-hybridized carbons (Fsp3) is 0.462. The normalized spacial score (nSPS) is 11.8. The van der Waals surface area contributed by atoms with E-state index in [2.05, 4.69) is 5.32 Å². The Balaban J connectivity index is 2.74. The molecule has 0 saturated carbocycles. The summed E-state index contributed by atoms with van der Waals surface area (Å²) in [6.07, 6.45) is -4.82. The Morgan fingerprint density at radius 1 is 1.35 bits per heavy atom. The van der Waals surface area contributed by atoms with Gasteiger partial charge in [0.1, 0.15) is 5.82 Å². The van der Waals surface area contributed by atoms with Crippen molar-refractivity contribution in [1.29, 1.82) is 0 Å². The molecule has 112 valence electrons. The minimum absolute atomic E-state index is 0.210. The van der Waals surface area contributed by atoms with Gasteiger partial charge in [0.2, 0.25) is 0 Å². The van der Waals surface area contributed by atoms with Crippen LogP contribution in [0.2, 0.25) is 0 Å². The maximum Gasteiger partial charge on any atom is 0.419 e. The molecule has 0 aliphatic rings. The van der Waals surface area contributed by atoms with Crippen molar-refractivity contribution in [2.45, 2.75) is 13.1 Å². The Bertz CT molecular complexity index is 474. The van der Waals surface area contributed by atoms with Crippen LogP contribution < -0.4 is 5.32 Å². The molecule has 0 heterocycles. The minimum atomic E-state index is -4.82. The first-order valence-corrected chi connectivity index (χ1v) is 6.09. The van der Waals surface area contributed by atoms with Gasteiger partial charge in [-0.25, -0.2) is 4.39 Å². The fourth-order valence-electron chi connectivity index (χ4n) is 1.50. The molecule has 0 unspecified atom stereocenters. The van der Waals surface area contributed by atoms with E-state index in [9.17, 15) is 22.4 Å². The molecule has 0 saturated heterocycles. The molecule has 3 nitrogen and oxygen atoms in total. The molecular weight excluding hydrogens is 276 g/mol. The summed E-state index contributed by atoms with van der Waals surface area (Å²) in [5.41, 5.74) is -1.64. The van der Waals surface area contributed by atoms with E-state index in [1.807, 2.05) is 18.9 Å². The van der Waals surface area contributed by atoms with E-state index in [-0.39, 0.29) is 5.56 Å². The third kappa shape index (κ3) is 4.48. The molecule has 1 N–H and O–H groups in total. The molecule has 0 bridgehead atoms. The van der Waals surface area contributed by atoms with Gasteiger partial charge in [-0.15, -0.1) is 0 Å². The van der Waals surface area contributed by atoms with E-state index in [0.29, 0.717) is 25.2 Å². The number of nitrogens with one attached hydrogen (secondary N) is 1. The second kappa shape index (κ2) is 6.69. The zero-order chi connectivity index (χ0) is 15.3. The summed E-state index contributed by atoms with van der Waals surface area (Å²) in [6, 6.07) is 2.20. The van der Waals surface area contributed by atoms with Gasteiger partial charge < -0.3 is 10.2 Å². The lowest BCUT2D eigenvalue weighted by atomic mass is 10.1. The van der Waals surface area contributed by atoms with Crippen LogP contribution in [-0.2, 0) is 6.18 Å². The number of benzene rings is 1. The molecule has 0 spiro atoms. The van der Waals surface area contributed by atoms with E-state index >= 15 is 0 Å². The molecule has 1 aromatic carbocycles. The van der Waals surface area contributed by atoms with Crippen molar-refractivity contribution in [3.05, 3.63) is 35.1 Å². The number of rotatable bonds is 5. The van der Waals surface area contributed by atoms with Crippen LogP contribution in [-0.4, -0.2) is 37.5 Å². The number of alkyl halides is 3. The zero-order valence-electron chi connectivity index (χ0n) is 11.2. The van der Waals surface area contributed by atoms with Crippen molar-refractivity contribution in [2.24, 2.45) is 0 Å². The number of likely N-dealkylation sites (N-methyl/N-ethyl adjacent to an activating group) is 1.